The number of pyridine rings is 1. The molecule has 8 heteroatoms. The Kier molecular flexibility index (Phi) is 4.06. The van der Waals surface area contributed by atoms with E-state index in [1.165, 1.54) is 6.39 Å². The summed E-state index contributed by atoms with van der Waals surface area (Å²) in [5.41, 5.74) is 3.51. The number of nitrogens with one attached hydrogen (secondary N) is 2. The van der Waals surface area contributed by atoms with Crippen molar-refractivity contribution in [2.75, 3.05) is 5.32 Å². The molecule has 0 spiro atoms. The van der Waals surface area contributed by atoms with Crippen molar-refractivity contribution in [2.24, 2.45) is 7.05 Å². The quantitative estimate of drug-likeness (QED) is 0.591. The standard InChI is InChI=1S/C18H16N6O2/c1-24-16-6-7-19-10-15(16)17(23-24)12-2-4-13(5-3-12)22-18(25)21-9-14-8-20-11-26-14/h2-8,10-11H,9H2,1H3,(H2,21,22,25). The predicted molar refractivity (Wildman–Crippen MR) is 96.3 cm³/mol. The van der Waals surface area contributed by atoms with E-state index in [4.69, 9.17) is 4.42 Å². The molecule has 26 heavy (non-hydrogen) atoms. The lowest BCUT2D eigenvalue weighted by molar-refractivity contribution is 0.251. The third kappa shape index (κ3) is 3.12. The summed E-state index contributed by atoms with van der Waals surface area (Å²) in [6, 6.07) is 9.12. The number of anilines is 1. The maximum atomic E-state index is 11.9. The van der Waals surface area contributed by atoms with Crippen LogP contribution in [0.15, 0.2) is 59.7 Å². The maximum absolute atomic E-state index is 11.9. The van der Waals surface area contributed by atoms with Crippen LogP contribution in [0.5, 0.6) is 0 Å². The van der Waals surface area contributed by atoms with Crippen molar-refractivity contribution in [1.29, 1.82) is 0 Å². The van der Waals surface area contributed by atoms with Crippen molar-refractivity contribution >= 4 is 22.6 Å². The first-order valence-electron chi connectivity index (χ1n) is 8.00. The number of nitrogens with zero attached hydrogens (tertiary/aromatic N) is 4. The largest absolute Gasteiger partial charge is 0.447 e. The number of carbonyl (C=O) groups is 1. The van der Waals surface area contributed by atoms with Crippen LogP contribution >= 0.6 is 0 Å². The number of benzene rings is 1. The number of aryl methyl sites for hydroxylation is 1. The number of carbonyl (C=O) groups excluding carboxylic acids is 1. The van der Waals surface area contributed by atoms with Crippen LogP contribution < -0.4 is 10.6 Å². The van der Waals surface area contributed by atoms with Crippen molar-refractivity contribution in [2.45, 2.75) is 6.54 Å². The molecule has 0 radical (unpaired) electrons. The van der Waals surface area contributed by atoms with Crippen LogP contribution in [0.2, 0.25) is 0 Å². The Bertz CT molecular complexity index is 1040. The van der Waals surface area contributed by atoms with E-state index in [1.807, 2.05) is 42.1 Å². The molecule has 0 unspecified atom stereocenters. The minimum Gasteiger partial charge on any atom is -0.447 e. The fourth-order valence-electron chi connectivity index (χ4n) is 2.71. The fraction of sp³-hybridized carbons (Fsp3) is 0.111. The minimum absolute atomic E-state index is 0.275. The van der Waals surface area contributed by atoms with Gasteiger partial charge in [0.05, 0.1) is 18.3 Å². The lowest BCUT2D eigenvalue weighted by Crippen LogP contribution is -2.27. The Labute approximate surface area is 148 Å². The van der Waals surface area contributed by atoms with E-state index in [0.29, 0.717) is 11.4 Å². The highest BCUT2D eigenvalue weighted by atomic mass is 16.3. The molecule has 0 atom stereocenters. The number of amides is 2. The highest BCUT2D eigenvalue weighted by molar-refractivity contribution is 5.93. The molecule has 0 fully saturated rings. The van der Waals surface area contributed by atoms with Gasteiger partial charge in [-0.1, -0.05) is 12.1 Å². The molecule has 2 amide bonds. The Morgan fingerprint density at radius 3 is 2.77 bits per heavy atom. The monoisotopic (exact) mass is 348 g/mol. The molecule has 0 saturated carbocycles. The molecule has 0 aliphatic carbocycles. The Morgan fingerprint density at radius 1 is 1.15 bits per heavy atom. The number of hydrogen-bond acceptors (Lipinski definition) is 5. The number of fused-ring (bicyclic) bond motifs is 1. The summed E-state index contributed by atoms with van der Waals surface area (Å²) in [5, 5.41) is 11.0. The SMILES string of the molecule is Cn1nc(-c2ccc(NC(=O)NCc3cnco3)cc2)c2cnccc21. The zero-order valence-corrected chi connectivity index (χ0v) is 14.0. The van der Waals surface area contributed by atoms with Crippen LogP contribution in [0.1, 0.15) is 5.76 Å². The molecular formula is C18H16N6O2. The minimum atomic E-state index is -0.318. The van der Waals surface area contributed by atoms with Crippen LogP contribution in [0.25, 0.3) is 22.2 Å². The second kappa shape index (κ2) is 6.67. The van der Waals surface area contributed by atoms with Gasteiger partial charge in [-0.3, -0.25) is 9.67 Å². The summed E-state index contributed by atoms with van der Waals surface area (Å²) in [7, 11) is 1.90. The Hall–Kier alpha value is -3.68. The van der Waals surface area contributed by atoms with E-state index in [1.54, 1.807) is 18.6 Å². The second-order valence-electron chi connectivity index (χ2n) is 5.72. The Balaban J connectivity index is 1.47. The smallest absolute Gasteiger partial charge is 0.319 e. The van der Waals surface area contributed by atoms with Crippen LogP contribution in [0.4, 0.5) is 10.5 Å². The van der Waals surface area contributed by atoms with Gasteiger partial charge in [0.15, 0.2) is 6.39 Å². The zero-order chi connectivity index (χ0) is 17.9. The normalized spacial score (nSPS) is 10.8. The molecule has 0 saturated heterocycles. The third-order valence-corrected chi connectivity index (χ3v) is 3.97. The van der Waals surface area contributed by atoms with Gasteiger partial charge in [0.2, 0.25) is 0 Å². The van der Waals surface area contributed by atoms with Gasteiger partial charge in [0.25, 0.3) is 0 Å². The van der Waals surface area contributed by atoms with Gasteiger partial charge in [-0.15, -0.1) is 0 Å². The van der Waals surface area contributed by atoms with Gasteiger partial charge in [-0.2, -0.15) is 5.10 Å². The topological polar surface area (TPSA) is 97.9 Å². The molecule has 8 nitrogen and oxygen atoms in total. The van der Waals surface area contributed by atoms with E-state index < -0.39 is 0 Å². The summed E-state index contributed by atoms with van der Waals surface area (Å²) < 4.78 is 6.90. The average Bonchev–Trinajstić information content (AvgIpc) is 3.29. The van der Waals surface area contributed by atoms with E-state index in [-0.39, 0.29) is 12.6 Å². The Morgan fingerprint density at radius 2 is 2.00 bits per heavy atom. The maximum Gasteiger partial charge on any atom is 0.319 e. The number of hydrogen-bond donors (Lipinski definition) is 2. The van der Waals surface area contributed by atoms with Gasteiger partial charge in [-0.05, 0) is 18.2 Å². The molecule has 130 valence electrons. The lowest BCUT2D eigenvalue weighted by Gasteiger charge is -2.07. The number of rotatable bonds is 4. The first-order chi connectivity index (χ1) is 12.7. The predicted octanol–water partition coefficient (Wildman–Crippen LogP) is 2.95. The van der Waals surface area contributed by atoms with Crippen molar-refractivity contribution in [3.63, 3.8) is 0 Å². The number of urea groups is 1. The van der Waals surface area contributed by atoms with Gasteiger partial charge >= 0.3 is 6.03 Å². The molecule has 0 aliphatic heterocycles. The first-order valence-corrected chi connectivity index (χ1v) is 8.00. The van der Waals surface area contributed by atoms with Gasteiger partial charge < -0.3 is 15.1 Å². The third-order valence-electron chi connectivity index (χ3n) is 3.97. The highest BCUT2D eigenvalue weighted by Crippen LogP contribution is 2.27. The average molecular weight is 348 g/mol. The fourth-order valence-corrected chi connectivity index (χ4v) is 2.71. The first kappa shape index (κ1) is 15.8. The molecule has 3 heterocycles. The molecule has 4 aromatic rings. The summed E-state index contributed by atoms with van der Waals surface area (Å²) in [5.74, 6) is 0.589. The molecule has 1 aromatic carbocycles. The molecule has 3 aromatic heterocycles. The lowest BCUT2D eigenvalue weighted by atomic mass is 10.1. The molecule has 0 bridgehead atoms. The highest BCUT2D eigenvalue weighted by Gasteiger charge is 2.11. The van der Waals surface area contributed by atoms with Crippen molar-refractivity contribution in [1.82, 2.24) is 25.1 Å². The van der Waals surface area contributed by atoms with Crippen LogP contribution in [0.3, 0.4) is 0 Å². The van der Waals surface area contributed by atoms with Gasteiger partial charge in [0.1, 0.15) is 11.5 Å². The van der Waals surface area contributed by atoms with Crippen molar-refractivity contribution < 1.29 is 9.21 Å². The summed E-state index contributed by atoms with van der Waals surface area (Å²) in [4.78, 5) is 19.9. The van der Waals surface area contributed by atoms with E-state index >= 15 is 0 Å². The number of aromatic nitrogens is 4. The molecule has 0 aliphatic rings. The summed E-state index contributed by atoms with van der Waals surface area (Å²) >= 11 is 0. The van der Waals surface area contributed by atoms with E-state index in [0.717, 1.165) is 22.2 Å². The van der Waals surface area contributed by atoms with Crippen LogP contribution in [-0.4, -0.2) is 25.8 Å². The van der Waals surface area contributed by atoms with Crippen LogP contribution in [-0.2, 0) is 13.6 Å². The van der Waals surface area contributed by atoms with Crippen molar-refractivity contribution in [3.05, 3.63) is 61.1 Å². The second-order valence-corrected chi connectivity index (χ2v) is 5.72. The van der Waals surface area contributed by atoms with Gasteiger partial charge in [0, 0.05) is 36.1 Å². The molecule has 2 N–H and O–H groups in total. The van der Waals surface area contributed by atoms with Crippen molar-refractivity contribution in [3.8, 4) is 11.3 Å². The molecular weight excluding hydrogens is 332 g/mol. The van der Waals surface area contributed by atoms with E-state index in [9.17, 15) is 4.79 Å². The van der Waals surface area contributed by atoms with E-state index in [2.05, 4.69) is 25.7 Å². The zero-order valence-electron chi connectivity index (χ0n) is 14.0. The van der Waals surface area contributed by atoms with Crippen LogP contribution in [0, 0.1) is 0 Å². The number of oxazole rings is 1. The van der Waals surface area contributed by atoms with Gasteiger partial charge in [-0.25, -0.2) is 9.78 Å². The molecule has 4 rings (SSSR count). The summed E-state index contributed by atoms with van der Waals surface area (Å²) in [6.45, 7) is 0.275. The summed E-state index contributed by atoms with van der Waals surface area (Å²) in [6.07, 6.45) is 6.44.